The molecule has 1 aromatic rings. The molecule has 1 aromatic heterocycles. The van der Waals surface area contributed by atoms with E-state index in [1.807, 2.05) is 4.90 Å². The van der Waals surface area contributed by atoms with Crippen LogP contribution >= 0.6 is 0 Å². The maximum atomic E-state index is 12.4. The summed E-state index contributed by atoms with van der Waals surface area (Å²) in [4.78, 5) is 14.3. The minimum absolute atomic E-state index is 0.0751. The van der Waals surface area contributed by atoms with Crippen molar-refractivity contribution in [2.24, 2.45) is 5.92 Å². The van der Waals surface area contributed by atoms with Gasteiger partial charge in [0, 0.05) is 25.3 Å². The lowest BCUT2D eigenvalue weighted by Gasteiger charge is -2.27. The summed E-state index contributed by atoms with van der Waals surface area (Å²) in [6.45, 7) is 6.93. The minimum Gasteiger partial charge on any atom is -0.337 e. The quantitative estimate of drug-likeness (QED) is 0.827. The van der Waals surface area contributed by atoms with Crippen molar-refractivity contribution in [2.75, 3.05) is 19.6 Å². The number of nitrogens with one attached hydrogen (secondary N) is 2. The SMILES string of the molecule is CC(C)CN(CC1CCCN1)C(=O)c1cn[nH]c1. The van der Waals surface area contributed by atoms with E-state index in [9.17, 15) is 4.79 Å². The van der Waals surface area contributed by atoms with E-state index < -0.39 is 0 Å². The van der Waals surface area contributed by atoms with Gasteiger partial charge in [-0.05, 0) is 25.3 Å². The summed E-state index contributed by atoms with van der Waals surface area (Å²) < 4.78 is 0. The van der Waals surface area contributed by atoms with Crippen molar-refractivity contribution in [3.63, 3.8) is 0 Å². The highest BCUT2D eigenvalue weighted by Gasteiger charge is 2.23. The van der Waals surface area contributed by atoms with Gasteiger partial charge in [0.15, 0.2) is 0 Å². The molecule has 1 amide bonds. The Kier molecular flexibility index (Phi) is 4.36. The predicted octanol–water partition coefficient (Wildman–Crippen LogP) is 1.26. The van der Waals surface area contributed by atoms with Gasteiger partial charge >= 0.3 is 0 Å². The molecular weight excluding hydrogens is 228 g/mol. The summed E-state index contributed by atoms with van der Waals surface area (Å²) in [5.41, 5.74) is 0.647. The highest BCUT2D eigenvalue weighted by molar-refractivity contribution is 5.93. The monoisotopic (exact) mass is 250 g/mol. The van der Waals surface area contributed by atoms with Crippen molar-refractivity contribution in [2.45, 2.75) is 32.7 Å². The Morgan fingerprint density at radius 1 is 1.61 bits per heavy atom. The third-order valence-electron chi connectivity index (χ3n) is 3.22. The number of aromatic nitrogens is 2. The first-order valence-corrected chi connectivity index (χ1v) is 6.68. The normalized spacial score (nSPS) is 19.4. The molecule has 1 atom stereocenters. The number of carbonyl (C=O) groups is 1. The zero-order valence-electron chi connectivity index (χ0n) is 11.1. The van der Waals surface area contributed by atoms with Crippen LogP contribution in [0.1, 0.15) is 37.0 Å². The fourth-order valence-electron chi connectivity index (χ4n) is 2.41. The van der Waals surface area contributed by atoms with E-state index in [4.69, 9.17) is 0 Å². The summed E-state index contributed by atoms with van der Waals surface area (Å²) >= 11 is 0. The van der Waals surface area contributed by atoms with E-state index >= 15 is 0 Å². The van der Waals surface area contributed by atoms with E-state index in [-0.39, 0.29) is 5.91 Å². The number of aromatic amines is 1. The standard InChI is InChI=1S/C13H22N4O/c1-10(2)8-17(9-12-4-3-5-14-12)13(18)11-6-15-16-7-11/h6-7,10,12,14H,3-5,8-9H2,1-2H3,(H,15,16). The highest BCUT2D eigenvalue weighted by Crippen LogP contribution is 2.11. The molecule has 18 heavy (non-hydrogen) atoms. The molecule has 0 radical (unpaired) electrons. The van der Waals surface area contributed by atoms with E-state index in [1.165, 1.54) is 6.42 Å². The Hall–Kier alpha value is -1.36. The molecule has 1 aliphatic rings. The Labute approximate surface area is 108 Å². The van der Waals surface area contributed by atoms with Crippen molar-refractivity contribution in [1.29, 1.82) is 0 Å². The number of carbonyl (C=O) groups excluding carboxylic acids is 1. The van der Waals surface area contributed by atoms with Crippen molar-refractivity contribution >= 4 is 5.91 Å². The number of amides is 1. The fourth-order valence-corrected chi connectivity index (χ4v) is 2.41. The van der Waals surface area contributed by atoms with E-state index in [2.05, 4.69) is 29.4 Å². The second kappa shape index (κ2) is 6.00. The number of hydrogen-bond donors (Lipinski definition) is 2. The Bertz CT molecular complexity index is 368. The molecule has 0 bridgehead atoms. The van der Waals surface area contributed by atoms with Crippen LogP contribution in [0.25, 0.3) is 0 Å². The van der Waals surface area contributed by atoms with Crippen LogP contribution in [0.5, 0.6) is 0 Å². The van der Waals surface area contributed by atoms with E-state index in [0.29, 0.717) is 17.5 Å². The van der Waals surface area contributed by atoms with Gasteiger partial charge in [0.25, 0.3) is 5.91 Å². The third kappa shape index (κ3) is 3.32. The summed E-state index contributed by atoms with van der Waals surface area (Å²) in [6.07, 6.45) is 5.63. The molecule has 1 aliphatic heterocycles. The topological polar surface area (TPSA) is 61.0 Å². The van der Waals surface area contributed by atoms with Gasteiger partial charge in [-0.2, -0.15) is 5.10 Å². The lowest BCUT2D eigenvalue weighted by molar-refractivity contribution is 0.0721. The molecule has 1 unspecified atom stereocenters. The Morgan fingerprint density at radius 3 is 3.00 bits per heavy atom. The molecule has 5 heteroatoms. The first-order chi connectivity index (χ1) is 8.66. The molecule has 1 saturated heterocycles. The molecule has 1 fully saturated rings. The third-order valence-corrected chi connectivity index (χ3v) is 3.22. The predicted molar refractivity (Wildman–Crippen MR) is 70.4 cm³/mol. The number of hydrogen-bond acceptors (Lipinski definition) is 3. The molecular formula is C13H22N4O. The second-order valence-corrected chi connectivity index (χ2v) is 5.38. The number of H-pyrrole nitrogens is 1. The lowest BCUT2D eigenvalue weighted by atomic mass is 10.1. The molecule has 100 valence electrons. The van der Waals surface area contributed by atoms with Crippen LogP contribution in [0, 0.1) is 5.92 Å². The molecule has 2 rings (SSSR count). The van der Waals surface area contributed by atoms with Crippen LogP contribution in [0.2, 0.25) is 0 Å². The Morgan fingerprint density at radius 2 is 2.44 bits per heavy atom. The first-order valence-electron chi connectivity index (χ1n) is 6.68. The average Bonchev–Trinajstić information content (AvgIpc) is 2.99. The average molecular weight is 250 g/mol. The zero-order chi connectivity index (χ0) is 13.0. The van der Waals surface area contributed by atoms with Crippen molar-refractivity contribution < 1.29 is 4.79 Å². The molecule has 2 heterocycles. The lowest BCUT2D eigenvalue weighted by Crippen LogP contribution is -2.42. The van der Waals surface area contributed by atoms with Crippen LogP contribution in [-0.4, -0.2) is 46.7 Å². The van der Waals surface area contributed by atoms with Gasteiger partial charge < -0.3 is 10.2 Å². The molecule has 2 N–H and O–H groups in total. The summed E-state index contributed by atoms with van der Waals surface area (Å²) in [7, 11) is 0. The van der Waals surface area contributed by atoms with Gasteiger partial charge in [0.05, 0.1) is 11.8 Å². The zero-order valence-corrected chi connectivity index (χ0v) is 11.1. The first kappa shape index (κ1) is 13.1. The van der Waals surface area contributed by atoms with Crippen LogP contribution in [0.15, 0.2) is 12.4 Å². The maximum Gasteiger partial charge on any atom is 0.257 e. The van der Waals surface area contributed by atoms with E-state index in [0.717, 1.165) is 26.1 Å². The molecule has 0 saturated carbocycles. The largest absolute Gasteiger partial charge is 0.337 e. The van der Waals surface area contributed by atoms with Crippen molar-refractivity contribution in [1.82, 2.24) is 20.4 Å². The van der Waals surface area contributed by atoms with Crippen LogP contribution in [-0.2, 0) is 0 Å². The van der Waals surface area contributed by atoms with Crippen molar-refractivity contribution in [3.8, 4) is 0 Å². The Balaban J connectivity index is 2.01. The van der Waals surface area contributed by atoms with Crippen LogP contribution in [0.4, 0.5) is 0 Å². The molecule has 0 aromatic carbocycles. The van der Waals surface area contributed by atoms with Gasteiger partial charge in [-0.3, -0.25) is 9.89 Å². The van der Waals surface area contributed by atoms with Gasteiger partial charge in [0.1, 0.15) is 0 Å². The van der Waals surface area contributed by atoms with Crippen LogP contribution in [0.3, 0.4) is 0 Å². The van der Waals surface area contributed by atoms with Crippen LogP contribution < -0.4 is 5.32 Å². The second-order valence-electron chi connectivity index (χ2n) is 5.38. The molecule has 5 nitrogen and oxygen atoms in total. The maximum absolute atomic E-state index is 12.4. The summed E-state index contributed by atoms with van der Waals surface area (Å²) in [5.74, 6) is 0.549. The van der Waals surface area contributed by atoms with Gasteiger partial charge in [-0.1, -0.05) is 13.8 Å². The van der Waals surface area contributed by atoms with E-state index in [1.54, 1.807) is 12.4 Å². The summed E-state index contributed by atoms with van der Waals surface area (Å²) in [6, 6.07) is 0.444. The number of rotatable bonds is 5. The number of nitrogens with zero attached hydrogens (tertiary/aromatic N) is 2. The molecule has 0 spiro atoms. The van der Waals surface area contributed by atoms with Gasteiger partial charge in [-0.15, -0.1) is 0 Å². The highest BCUT2D eigenvalue weighted by atomic mass is 16.2. The minimum atomic E-state index is 0.0751. The smallest absolute Gasteiger partial charge is 0.257 e. The fraction of sp³-hybridized carbons (Fsp3) is 0.692. The van der Waals surface area contributed by atoms with Gasteiger partial charge in [0.2, 0.25) is 0 Å². The van der Waals surface area contributed by atoms with Gasteiger partial charge in [-0.25, -0.2) is 0 Å². The summed E-state index contributed by atoms with van der Waals surface area (Å²) in [5, 5.41) is 9.99. The van der Waals surface area contributed by atoms with Crippen molar-refractivity contribution in [3.05, 3.63) is 18.0 Å². The molecule has 0 aliphatic carbocycles.